The molecular formula is C12H19NO2. The first kappa shape index (κ1) is 12.2. The van der Waals surface area contributed by atoms with Crippen molar-refractivity contribution in [1.82, 2.24) is 5.32 Å². The molecule has 3 N–H and O–H groups in total. The van der Waals surface area contributed by atoms with Crippen LogP contribution in [0.4, 0.5) is 0 Å². The van der Waals surface area contributed by atoms with Crippen molar-refractivity contribution in [2.75, 3.05) is 6.61 Å². The molecule has 0 fully saturated rings. The van der Waals surface area contributed by atoms with E-state index in [1.165, 1.54) is 0 Å². The normalized spacial score (nSPS) is 14.9. The molecule has 3 nitrogen and oxygen atoms in total. The molecule has 0 aliphatic heterocycles. The second-order valence-electron chi connectivity index (χ2n) is 3.63. The number of aliphatic hydroxyl groups is 2. The lowest BCUT2D eigenvalue weighted by atomic mass is 10.1. The molecule has 0 bridgehead atoms. The highest BCUT2D eigenvalue weighted by Crippen LogP contribution is 2.02. The van der Waals surface area contributed by atoms with Gasteiger partial charge in [-0.3, -0.25) is 0 Å². The fourth-order valence-corrected chi connectivity index (χ4v) is 1.45. The van der Waals surface area contributed by atoms with Gasteiger partial charge >= 0.3 is 0 Å². The maximum Gasteiger partial charge on any atom is 0.0713 e. The first-order chi connectivity index (χ1) is 7.27. The molecular weight excluding hydrogens is 190 g/mol. The maximum atomic E-state index is 9.57. The fraction of sp³-hybridized carbons (Fsp3) is 0.500. The summed E-state index contributed by atoms with van der Waals surface area (Å²) in [6.45, 7) is 2.53. The lowest BCUT2D eigenvalue weighted by molar-refractivity contribution is 0.0863. The smallest absolute Gasteiger partial charge is 0.0713 e. The van der Waals surface area contributed by atoms with E-state index in [4.69, 9.17) is 5.11 Å². The molecule has 0 amide bonds. The molecule has 84 valence electrons. The lowest BCUT2D eigenvalue weighted by Crippen LogP contribution is -2.42. The van der Waals surface area contributed by atoms with E-state index in [2.05, 4.69) is 5.32 Å². The number of benzene rings is 1. The predicted molar refractivity (Wildman–Crippen MR) is 60.5 cm³/mol. The Hall–Kier alpha value is -0.900. The lowest BCUT2D eigenvalue weighted by Gasteiger charge is -2.21. The highest BCUT2D eigenvalue weighted by atomic mass is 16.3. The first-order valence-corrected chi connectivity index (χ1v) is 5.34. The Morgan fingerprint density at radius 3 is 2.47 bits per heavy atom. The van der Waals surface area contributed by atoms with Crippen LogP contribution in [0.3, 0.4) is 0 Å². The Kier molecular flexibility index (Phi) is 5.32. The highest BCUT2D eigenvalue weighted by molar-refractivity contribution is 5.14. The van der Waals surface area contributed by atoms with Crippen molar-refractivity contribution < 1.29 is 10.2 Å². The number of rotatable bonds is 6. The van der Waals surface area contributed by atoms with Gasteiger partial charge in [0.25, 0.3) is 0 Å². The Balaban J connectivity index is 2.41. The van der Waals surface area contributed by atoms with Crippen LogP contribution >= 0.6 is 0 Å². The molecule has 3 heteroatoms. The SMILES string of the molecule is CCC(O)C(CO)NCc1ccccc1. The molecule has 0 spiro atoms. The monoisotopic (exact) mass is 209 g/mol. The minimum Gasteiger partial charge on any atom is -0.395 e. The number of aliphatic hydroxyl groups excluding tert-OH is 2. The summed E-state index contributed by atoms with van der Waals surface area (Å²) in [7, 11) is 0. The second kappa shape index (κ2) is 6.56. The topological polar surface area (TPSA) is 52.5 Å². The molecule has 0 saturated heterocycles. The van der Waals surface area contributed by atoms with Crippen LogP contribution in [0.2, 0.25) is 0 Å². The third kappa shape index (κ3) is 4.00. The van der Waals surface area contributed by atoms with Gasteiger partial charge in [0.2, 0.25) is 0 Å². The van der Waals surface area contributed by atoms with E-state index in [1.807, 2.05) is 37.3 Å². The van der Waals surface area contributed by atoms with Crippen LogP contribution in [0.15, 0.2) is 30.3 Å². The van der Waals surface area contributed by atoms with Gasteiger partial charge in [0, 0.05) is 6.54 Å². The van der Waals surface area contributed by atoms with Gasteiger partial charge in [0.1, 0.15) is 0 Å². The average molecular weight is 209 g/mol. The molecule has 1 rings (SSSR count). The van der Waals surface area contributed by atoms with Crippen LogP contribution in [-0.4, -0.2) is 29.0 Å². The molecule has 2 atom stereocenters. The minimum atomic E-state index is -0.487. The second-order valence-corrected chi connectivity index (χ2v) is 3.63. The third-order valence-corrected chi connectivity index (χ3v) is 2.49. The highest BCUT2D eigenvalue weighted by Gasteiger charge is 2.15. The van der Waals surface area contributed by atoms with E-state index in [0.717, 1.165) is 5.56 Å². The fourth-order valence-electron chi connectivity index (χ4n) is 1.45. The molecule has 0 radical (unpaired) electrons. The molecule has 0 aliphatic carbocycles. The van der Waals surface area contributed by atoms with Crippen LogP contribution in [0.5, 0.6) is 0 Å². The molecule has 15 heavy (non-hydrogen) atoms. The van der Waals surface area contributed by atoms with Crippen molar-refractivity contribution in [3.63, 3.8) is 0 Å². The van der Waals surface area contributed by atoms with Crippen LogP contribution in [-0.2, 0) is 6.54 Å². The molecule has 0 aromatic heterocycles. The zero-order valence-electron chi connectivity index (χ0n) is 9.06. The van der Waals surface area contributed by atoms with E-state index < -0.39 is 6.10 Å². The summed E-state index contributed by atoms with van der Waals surface area (Å²) >= 11 is 0. The van der Waals surface area contributed by atoms with Gasteiger partial charge in [-0.15, -0.1) is 0 Å². The number of hydrogen-bond acceptors (Lipinski definition) is 3. The summed E-state index contributed by atoms with van der Waals surface area (Å²) in [6, 6.07) is 9.70. The maximum absolute atomic E-state index is 9.57. The summed E-state index contributed by atoms with van der Waals surface area (Å²) in [5.41, 5.74) is 1.15. The molecule has 0 heterocycles. The summed E-state index contributed by atoms with van der Waals surface area (Å²) < 4.78 is 0. The quantitative estimate of drug-likeness (QED) is 0.652. The molecule has 2 unspecified atom stereocenters. The third-order valence-electron chi connectivity index (χ3n) is 2.49. The standard InChI is InChI=1S/C12H19NO2/c1-2-12(15)11(9-14)13-8-10-6-4-3-5-7-10/h3-7,11-15H,2,8-9H2,1H3. The summed E-state index contributed by atoms with van der Waals surface area (Å²) in [5, 5.41) is 21.8. The Morgan fingerprint density at radius 1 is 1.27 bits per heavy atom. The van der Waals surface area contributed by atoms with Crippen molar-refractivity contribution in [2.45, 2.75) is 32.0 Å². The van der Waals surface area contributed by atoms with Gasteiger partial charge in [-0.25, -0.2) is 0 Å². The van der Waals surface area contributed by atoms with Crippen LogP contribution in [0, 0.1) is 0 Å². The van der Waals surface area contributed by atoms with Crippen LogP contribution < -0.4 is 5.32 Å². The van der Waals surface area contributed by atoms with Crippen LogP contribution in [0.1, 0.15) is 18.9 Å². The van der Waals surface area contributed by atoms with E-state index in [1.54, 1.807) is 0 Å². The minimum absolute atomic E-state index is 0.0398. The van der Waals surface area contributed by atoms with Crippen molar-refractivity contribution in [2.24, 2.45) is 0 Å². The van der Waals surface area contributed by atoms with Gasteiger partial charge in [-0.05, 0) is 12.0 Å². The molecule has 1 aromatic rings. The average Bonchev–Trinajstić information content (AvgIpc) is 2.31. The van der Waals surface area contributed by atoms with Gasteiger partial charge in [-0.2, -0.15) is 0 Å². The summed E-state index contributed by atoms with van der Waals surface area (Å²) in [6.07, 6.45) is 0.159. The Bertz CT molecular complexity index is 264. The van der Waals surface area contributed by atoms with Crippen LogP contribution in [0.25, 0.3) is 0 Å². The predicted octanol–water partition coefficient (Wildman–Crippen LogP) is 0.908. The zero-order chi connectivity index (χ0) is 11.1. The van der Waals surface area contributed by atoms with Gasteiger partial charge in [0.05, 0.1) is 18.8 Å². The van der Waals surface area contributed by atoms with Crippen molar-refractivity contribution in [1.29, 1.82) is 0 Å². The molecule has 0 saturated carbocycles. The molecule has 0 aliphatic rings. The van der Waals surface area contributed by atoms with Gasteiger partial charge < -0.3 is 15.5 Å². The first-order valence-electron chi connectivity index (χ1n) is 5.34. The number of hydrogen-bond donors (Lipinski definition) is 3. The summed E-state index contributed by atoms with van der Waals surface area (Å²) in [5.74, 6) is 0. The van der Waals surface area contributed by atoms with Crippen molar-refractivity contribution >= 4 is 0 Å². The Morgan fingerprint density at radius 2 is 1.93 bits per heavy atom. The Labute approximate surface area is 90.8 Å². The van der Waals surface area contributed by atoms with Gasteiger partial charge in [0.15, 0.2) is 0 Å². The van der Waals surface area contributed by atoms with Crippen molar-refractivity contribution in [3.05, 3.63) is 35.9 Å². The largest absolute Gasteiger partial charge is 0.395 e. The van der Waals surface area contributed by atoms with E-state index in [9.17, 15) is 5.11 Å². The van der Waals surface area contributed by atoms with E-state index >= 15 is 0 Å². The van der Waals surface area contributed by atoms with Crippen molar-refractivity contribution in [3.8, 4) is 0 Å². The van der Waals surface area contributed by atoms with E-state index in [-0.39, 0.29) is 12.6 Å². The summed E-state index contributed by atoms with van der Waals surface area (Å²) in [4.78, 5) is 0. The van der Waals surface area contributed by atoms with E-state index in [0.29, 0.717) is 13.0 Å². The van der Waals surface area contributed by atoms with Gasteiger partial charge in [-0.1, -0.05) is 37.3 Å². The number of nitrogens with one attached hydrogen (secondary N) is 1. The molecule has 1 aromatic carbocycles. The zero-order valence-corrected chi connectivity index (χ0v) is 9.06.